The largest absolute Gasteiger partial charge is 0.333 e. The van der Waals surface area contributed by atoms with Crippen molar-refractivity contribution in [2.75, 3.05) is 5.32 Å². The number of carbonyl (C=O) groups is 1. The molecule has 7 heteroatoms. The molecule has 0 radical (unpaired) electrons. The Labute approximate surface area is 192 Å². The number of thiophene rings is 1. The molecule has 0 aliphatic heterocycles. The lowest BCUT2D eigenvalue weighted by Gasteiger charge is -2.08. The van der Waals surface area contributed by atoms with Crippen LogP contribution >= 0.6 is 11.3 Å². The molecule has 6 nitrogen and oxygen atoms in total. The molecule has 5 aromatic rings. The SMILES string of the molecule is O=C(Cc1ccc(-n2c(=O)[nH]c3ccsc3c2=O)cc1)Nc1ccc(-c2ccccc2)cc1. The van der Waals surface area contributed by atoms with Gasteiger partial charge in [0.2, 0.25) is 5.91 Å². The number of fused-ring (bicyclic) bond motifs is 1. The van der Waals surface area contributed by atoms with Gasteiger partial charge in [-0.15, -0.1) is 11.3 Å². The van der Waals surface area contributed by atoms with E-state index in [9.17, 15) is 14.4 Å². The van der Waals surface area contributed by atoms with E-state index in [2.05, 4.69) is 10.3 Å². The van der Waals surface area contributed by atoms with E-state index in [1.807, 2.05) is 54.6 Å². The van der Waals surface area contributed by atoms with Crippen molar-refractivity contribution >= 4 is 33.1 Å². The first kappa shape index (κ1) is 20.7. The van der Waals surface area contributed by atoms with E-state index in [0.717, 1.165) is 26.9 Å². The maximum absolute atomic E-state index is 12.7. The van der Waals surface area contributed by atoms with Gasteiger partial charge < -0.3 is 10.3 Å². The summed E-state index contributed by atoms with van der Waals surface area (Å²) in [5.41, 5.74) is 3.84. The maximum Gasteiger partial charge on any atom is 0.333 e. The Morgan fingerprint density at radius 1 is 0.848 bits per heavy atom. The number of hydrogen-bond donors (Lipinski definition) is 2. The Morgan fingerprint density at radius 2 is 1.55 bits per heavy atom. The van der Waals surface area contributed by atoms with Gasteiger partial charge in [0, 0.05) is 5.69 Å². The monoisotopic (exact) mass is 453 g/mol. The molecule has 0 unspecified atom stereocenters. The third kappa shape index (κ3) is 4.26. The molecule has 0 fully saturated rings. The minimum atomic E-state index is -0.490. The highest BCUT2D eigenvalue weighted by Crippen LogP contribution is 2.21. The van der Waals surface area contributed by atoms with E-state index in [4.69, 9.17) is 0 Å². The van der Waals surface area contributed by atoms with Crippen LogP contribution in [0.25, 0.3) is 27.0 Å². The fourth-order valence-corrected chi connectivity index (χ4v) is 4.48. The van der Waals surface area contributed by atoms with Gasteiger partial charge in [-0.2, -0.15) is 0 Å². The van der Waals surface area contributed by atoms with Crippen LogP contribution in [0.3, 0.4) is 0 Å². The van der Waals surface area contributed by atoms with Crippen LogP contribution in [-0.2, 0) is 11.2 Å². The first-order valence-corrected chi connectivity index (χ1v) is 11.2. The molecule has 33 heavy (non-hydrogen) atoms. The molecule has 3 aromatic carbocycles. The van der Waals surface area contributed by atoms with Crippen molar-refractivity contribution in [2.24, 2.45) is 0 Å². The van der Waals surface area contributed by atoms with Crippen LogP contribution in [0.2, 0.25) is 0 Å². The summed E-state index contributed by atoms with van der Waals surface area (Å²) < 4.78 is 1.60. The Morgan fingerprint density at radius 3 is 2.27 bits per heavy atom. The van der Waals surface area contributed by atoms with Crippen LogP contribution in [-0.4, -0.2) is 15.5 Å². The topological polar surface area (TPSA) is 84.0 Å². The van der Waals surface area contributed by atoms with Crippen LogP contribution in [0.5, 0.6) is 0 Å². The molecule has 0 saturated heterocycles. The molecule has 0 atom stereocenters. The van der Waals surface area contributed by atoms with E-state index in [1.54, 1.807) is 35.7 Å². The predicted octanol–water partition coefficient (Wildman–Crippen LogP) is 4.59. The molecule has 0 bridgehead atoms. The van der Waals surface area contributed by atoms with E-state index in [1.165, 1.54) is 11.3 Å². The van der Waals surface area contributed by atoms with Gasteiger partial charge in [-0.05, 0) is 52.4 Å². The highest BCUT2D eigenvalue weighted by atomic mass is 32.1. The minimum absolute atomic E-state index is 0.148. The van der Waals surface area contributed by atoms with Crippen LogP contribution in [0.1, 0.15) is 5.56 Å². The maximum atomic E-state index is 12.7. The molecule has 0 aliphatic carbocycles. The van der Waals surface area contributed by atoms with Gasteiger partial charge in [0.1, 0.15) is 4.70 Å². The number of rotatable bonds is 5. The first-order valence-electron chi connectivity index (χ1n) is 10.4. The first-order chi connectivity index (χ1) is 16.1. The Hall–Kier alpha value is -4.23. The predicted molar refractivity (Wildman–Crippen MR) is 132 cm³/mol. The number of nitrogens with one attached hydrogen (secondary N) is 2. The van der Waals surface area contributed by atoms with Crippen molar-refractivity contribution < 1.29 is 4.79 Å². The molecule has 2 aromatic heterocycles. The van der Waals surface area contributed by atoms with Crippen molar-refractivity contribution in [3.05, 3.63) is 117 Å². The van der Waals surface area contributed by atoms with Gasteiger partial charge in [-0.3, -0.25) is 9.59 Å². The summed E-state index contributed by atoms with van der Waals surface area (Å²) in [6, 6.07) is 26.3. The Balaban J connectivity index is 1.28. The summed E-state index contributed by atoms with van der Waals surface area (Å²) >= 11 is 1.29. The van der Waals surface area contributed by atoms with Gasteiger partial charge in [-0.1, -0.05) is 54.6 Å². The number of anilines is 1. The number of H-pyrrole nitrogens is 1. The van der Waals surface area contributed by atoms with Crippen molar-refractivity contribution in [3.63, 3.8) is 0 Å². The highest BCUT2D eigenvalue weighted by Gasteiger charge is 2.11. The smallest absolute Gasteiger partial charge is 0.326 e. The zero-order valence-electron chi connectivity index (χ0n) is 17.4. The summed E-state index contributed by atoms with van der Waals surface area (Å²) in [7, 11) is 0. The Kier molecular flexibility index (Phi) is 5.46. The summed E-state index contributed by atoms with van der Waals surface area (Å²) in [4.78, 5) is 40.3. The van der Waals surface area contributed by atoms with Crippen LogP contribution in [0.4, 0.5) is 5.69 Å². The van der Waals surface area contributed by atoms with Crippen molar-refractivity contribution in [2.45, 2.75) is 6.42 Å². The van der Waals surface area contributed by atoms with Crippen molar-refractivity contribution in [1.29, 1.82) is 0 Å². The van der Waals surface area contributed by atoms with Crippen LogP contribution < -0.4 is 16.6 Å². The number of aromatic nitrogens is 2. The fourth-order valence-electron chi connectivity index (χ4n) is 3.70. The number of nitrogens with zero attached hydrogens (tertiary/aromatic N) is 1. The second-order valence-corrected chi connectivity index (χ2v) is 8.49. The van der Waals surface area contributed by atoms with E-state index >= 15 is 0 Å². The molecular formula is C26H19N3O3S. The van der Waals surface area contributed by atoms with Crippen LogP contribution in [0.15, 0.2) is 99.9 Å². The molecule has 1 amide bonds. The van der Waals surface area contributed by atoms with Gasteiger partial charge in [0.15, 0.2) is 0 Å². The molecule has 0 saturated carbocycles. The second kappa shape index (κ2) is 8.72. The average Bonchev–Trinajstić information content (AvgIpc) is 3.30. The summed E-state index contributed by atoms with van der Waals surface area (Å²) in [5, 5.41) is 4.67. The van der Waals surface area contributed by atoms with Crippen molar-refractivity contribution in [3.8, 4) is 16.8 Å². The second-order valence-electron chi connectivity index (χ2n) is 7.57. The minimum Gasteiger partial charge on any atom is -0.326 e. The number of carbonyl (C=O) groups excluding carboxylic acids is 1. The van der Waals surface area contributed by atoms with Gasteiger partial charge in [0.25, 0.3) is 5.56 Å². The zero-order chi connectivity index (χ0) is 22.8. The van der Waals surface area contributed by atoms with Crippen molar-refractivity contribution in [1.82, 2.24) is 9.55 Å². The molecule has 0 spiro atoms. The number of aromatic amines is 1. The van der Waals surface area contributed by atoms with E-state index in [-0.39, 0.29) is 17.9 Å². The Bertz CT molecular complexity index is 1550. The molecule has 162 valence electrons. The summed E-state index contributed by atoms with van der Waals surface area (Å²) in [5.74, 6) is -0.148. The molecule has 0 aliphatic rings. The number of amides is 1. The summed E-state index contributed by atoms with van der Waals surface area (Å²) in [6.45, 7) is 0. The number of hydrogen-bond acceptors (Lipinski definition) is 4. The number of benzene rings is 3. The lowest BCUT2D eigenvalue weighted by molar-refractivity contribution is -0.115. The quantitative estimate of drug-likeness (QED) is 0.408. The van der Waals surface area contributed by atoms with E-state index < -0.39 is 5.69 Å². The lowest BCUT2D eigenvalue weighted by atomic mass is 10.1. The van der Waals surface area contributed by atoms with Gasteiger partial charge >= 0.3 is 5.69 Å². The molecule has 2 heterocycles. The average molecular weight is 454 g/mol. The van der Waals surface area contributed by atoms with Gasteiger partial charge in [0.05, 0.1) is 17.6 Å². The summed E-state index contributed by atoms with van der Waals surface area (Å²) in [6.07, 6.45) is 0.177. The molecule has 2 N–H and O–H groups in total. The lowest BCUT2D eigenvalue weighted by Crippen LogP contribution is -2.32. The third-order valence-corrected chi connectivity index (χ3v) is 6.24. The molecule has 5 rings (SSSR count). The van der Waals surface area contributed by atoms with Crippen LogP contribution in [0, 0.1) is 0 Å². The zero-order valence-corrected chi connectivity index (χ0v) is 18.3. The standard InChI is InChI=1S/C26H19N3O3S/c30-23(27-20-10-8-19(9-11-20)18-4-2-1-3-5-18)16-17-6-12-21(13-7-17)29-25(31)24-22(14-15-33-24)28-26(29)32/h1-15H,16H2,(H,27,30)(H,28,32). The molecular weight excluding hydrogens is 434 g/mol. The van der Waals surface area contributed by atoms with Gasteiger partial charge in [-0.25, -0.2) is 9.36 Å². The third-order valence-electron chi connectivity index (χ3n) is 5.34. The normalized spacial score (nSPS) is 10.9. The highest BCUT2D eigenvalue weighted by molar-refractivity contribution is 7.17. The fraction of sp³-hybridized carbons (Fsp3) is 0.0385. The van der Waals surface area contributed by atoms with E-state index in [0.29, 0.717) is 15.9 Å².